The lowest BCUT2D eigenvalue weighted by Crippen LogP contribution is -2.56. The van der Waals surface area contributed by atoms with E-state index in [0.29, 0.717) is 17.4 Å². The van der Waals surface area contributed by atoms with Gasteiger partial charge in [0.25, 0.3) is 0 Å². The maximum Gasteiger partial charge on any atom is 0.178 e. The van der Waals surface area contributed by atoms with Crippen molar-refractivity contribution in [3.05, 3.63) is 34.9 Å². The van der Waals surface area contributed by atoms with Crippen LogP contribution in [0, 0.1) is 28.6 Å². The van der Waals surface area contributed by atoms with Gasteiger partial charge in [0, 0.05) is 15.9 Å². The molecule has 0 bridgehead atoms. The number of allylic oxidation sites excluding steroid dienone is 6. The topological polar surface area (TPSA) is 54.4 Å². The quantitative estimate of drug-likeness (QED) is 0.770. The minimum atomic E-state index is -1.22. The van der Waals surface area contributed by atoms with Crippen molar-refractivity contribution in [1.29, 1.82) is 0 Å². The summed E-state index contributed by atoms with van der Waals surface area (Å²) in [5.41, 5.74) is -0.952. The fourth-order valence-corrected chi connectivity index (χ4v) is 6.73. The summed E-state index contributed by atoms with van der Waals surface area (Å²) in [6, 6.07) is 0. The molecule has 0 aromatic rings. The highest BCUT2D eigenvalue weighted by molar-refractivity contribution is 6.32. The van der Waals surface area contributed by atoms with Crippen LogP contribution >= 0.6 is 11.6 Å². The first-order chi connectivity index (χ1) is 11.6. The van der Waals surface area contributed by atoms with Crippen molar-refractivity contribution >= 4 is 23.2 Å². The number of ketones is 2. The van der Waals surface area contributed by atoms with Crippen molar-refractivity contribution in [3.8, 4) is 0 Å². The van der Waals surface area contributed by atoms with Crippen LogP contribution in [0.25, 0.3) is 0 Å². The van der Waals surface area contributed by atoms with Crippen LogP contribution in [-0.2, 0) is 9.59 Å². The highest BCUT2D eigenvalue weighted by Gasteiger charge is 2.65. The molecule has 4 aliphatic carbocycles. The molecule has 134 valence electrons. The second-order valence-corrected chi connectivity index (χ2v) is 9.20. The monoisotopic (exact) mass is 360 g/mol. The maximum atomic E-state index is 12.2. The van der Waals surface area contributed by atoms with Gasteiger partial charge in [-0.1, -0.05) is 37.6 Å². The van der Waals surface area contributed by atoms with E-state index in [1.54, 1.807) is 12.2 Å². The van der Waals surface area contributed by atoms with Gasteiger partial charge in [0.2, 0.25) is 0 Å². The Labute approximate surface area is 153 Å². The molecule has 0 aromatic carbocycles. The number of hydrogen-bond donors (Lipinski definition) is 1. The lowest BCUT2D eigenvalue weighted by Gasteiger charge is -2.56. The molecule has 0 heterocycles. The number of rotatable bonds is 1. The van der Waals surface area contributed by atoms with Gasteiger partial charge in [0.1, 0.15) is 5.60 Å². The van der Waals surface area contributed by atoms with Gasteiger partial charge < -0.3 is 5.11 Å². The molecule has 0 saturated heterocycles. The zero-order chi connectivity index (χ0) is 18.2. The van der Waals surface area contributed by atoms with Crippen LogP contribution < -0.4 is 0 Å². The van der Waals surface area contributed by atoms with Crippen molar-refractivity contribution in [2.45, 2.75) is 52.1 Å². The first kappa shape index (κ1) is 17.2. The summed E-state index contributed by atoms with van der Waals surface area (Å²) < 4.78 is 0. The lowest BCUT2D eigenvalue weighted by atomic mass is 9.49. The maximum absolute atomic E-state index is 12.2. The van der Waals surface area contributed by atoms with Crippen LogP contribution in [0.15, 0.2) is 34.9 Å². The molecule has 0 unspecified atom stereocenters. The van der Waals surface area contributed by atoms with E-state index in [1.807, 2.05) is 6.08 Å². The van der Waals surface area contributed by atoms with Crippen LogP contribution in [-0.4, -0.2) is 22.3 Å². The normalized spacial score (nSPS) is 48.2. The van der Waals surface area contributed by atoms with E-state index in [1.165, 1.54) is 6.92 Å². The minimum absolute atomic E-state index is 0.00931. The Morgan fingerprint density at radius 2 is 1.92 bits per heavy atom. The molecular formula is C21H25ClO3. The summed E-state index contributed by atoms with van der Waals surface area (Å²) in [5.74, 6) is 0.678. The van der Waals surface area contributed by atoms with Gasteiger partial charge in [-0.05, 0) is 68.1 Å². The van der Waals surface area contributed by atoms with E-state index < -0.39 is 11.0 Å². The molecule has 0 radical (unpaired) electrons. The van der Waals surface area contributed by atoms with Gasteiger partial charge in [0.05, 0.1) is 0 Å². The molecule has 6 atom stereocenters. The van der Waals surface area contributed by atoms with E-state index in [0.717, 1.165) is 24.8 Å². The number of fused-ring (bicyclic) bond motifs is 5. The molecule has 0 aromatic heterocycles. The van der Waals surface area contributed by atoms with Crippen LogP contribution in [0.5, 0.6) is 0 Å². The lowest BCUT2D eigenvalue weighted by molar-refractivity contribution is -0.155. The van der Waals surface area contributed by atoms with E-state index in [-0.39, 0.29) is 28.8 Å². The van der Waals surface area contributed by atoms with Crippen molar-refractivity contribution < 1.29 is 14.7 Å². The standard InChI is InChI=1S/C21H25ClO3/c1-12(23)21(25)9-6-16-14-11-18(22)17-10-13(24)4-7-19(17,2)15(14)5-8-20(16,21)3/h4,7,10-11,14-16,25H,5-6,8-9H2,1-3H3/t14-,15+,16+,19-,20+,21+/m1/s1. The summed E-state index contributed by atoms with van der Waals surface area (Å²) in [6.45, 7) is 5.77. The fraction of sp³-hybridized carbons (Fsp3) is 0.619. The van der Waals surface area contributed by atoms with Crippen molar-refractivity contribution in [1.82, 2.24) is 0 Å². The highest BCUT2D eigenvalue weighted by atomic mass is 35.5. The molecule has 3 nitrogen and oxygen atoms in total. The molecule has 0 amide bonds. The number of hydrogen-bond acceptors (Lipinski definition) is 3. The van der Waals surface area contributed by atoms with Crippen LogP contribution in [0.4, 0.5) is 0 Å². The molecule has 2 saturated carbocycles. The fourth-order valence-electron chi connectivity index (χ4n) is 6.32. The molecule has 0 aliphatic heterocycles. The molecule has 25 heavy (non-hydrogen) atoms. The van der Waals surface area contributed by atoms with Gasteiger partial charge in [-0.3, -0.25) is 9.59 Å². The molecule has 1 N–H and O–H groups in total. The highest BCUT2D eigenvalue weighted by Crippen LogP contribution is 2.66. The third-order valence-electron chi connectivity index (χ3n) is 7.89. The van der Waals surface area contributed by atoms with Crippen LogP contribution in [0.1, 0.15) is 46.5 Å². The molecular weight excluding hydrogens is 336 g/mol. The number of aliphatic hydroxyl groups is 1. The van der Waals surface area contributed by atoms with Crippen molar-refractivity contribution in [2.24, 2.45) is 28.6 Å². The smallest absolute Gasteiger partial charge is 0.178 e. The Morgan fingerprint density at radius 1 is 1.24 bits per heavy atom. The Morgan fingerprint density at radius 3 is 2.60 bits per heavy atom. The van der Waals surface area contributed by atoms with Gasteiger partial charge >= 0.3 is 0 Å². The van der Waals surface area contributed by atoms with Crippen LogP contribution in [0.3, 0.4) is 0 Å². The largest absolute Gasteiger partial charge is 0.382 e. The van der Waals surface area contributed by atoms with Gasteiger partial charge in [-0.25, -0.2) is 0 Å². The summed E-state index contributed by atoms with van der Waals surface area (Å²) >= 11 is 6.61. The number of Topliss-reactive ketones (excluding diaryl/α,β-unsaturated/α-hetero) is 1. The average Bonchev–Trinajstić information content (AvgIpc) is 2.83. The Kier molecular flexibility index (Phi) is 3.56. The molecule has 2 fully saturated rings. The first-order valence-electron chi connectivity index (χ1n) is 9.20. The van der Waals surface area contributed by atoms with Gasteiger partial charge in [0.15, 0.2) is 11.6 Å². The Bertz CT molecular complexity index is 763. The zero-order valence-electron chi connectivity index (χ0n) is 15.0. The first-order valence-corrected chi connectivity index (χ1v) is 9.58. The van der Waals surface area contributed by atoms with E-state index >= 15 is 0 Å². The average molecular weight is 361 g/mol. The summed E-state index contributed by atoms with van der Waals surface area (Å²) in [4.78, 5) is 24.1. The number of carbonyl (C=O) groups is 2. The Balaban J connectivity index is 1.81. The van der Waals surface area contributed by atoms with Gasteiger partial charge in [-0.2, -0.15) is 0 Å². The number of carbonyl (C=O) groups excluding carboxylic acids is 2. The predicted molar refractivity (Wildman–Crippen MR) is 96.9 cm³/mol. The van der Waals surface area contributed by atoms with E-state index in [4.69, 9.17) is 11.6 Å². The zero-order valence-corrected chi connectivity index (χ0v) is 15.8. The van der Waals surface area contributed by atoms with Crippen molar-refractivity contribution in [3.63, 3.8) is 0 Å². The second kappa shape index (κ2) is 5.17. The molecule has 0 spiro atoms. The summed E-state index contributed by atoms with van der Waals surface area (Å²) in [6.07, 6.45) is 10.6. The van der Waals surface area contributed by atoms with Crippen molar-refractivity contribution in [2.75, 3.05) is 0 Å². The van der Waals surface area contributed by atoms with E-state index in [2.05, 4.69) is 19.9 Å². The van der Waals surface area contributed by atoms with E-state index in [9.17, 15) is 14.7 Å². The van der Waals surface area contributed by atoms with Crippen LogP contribution in [0.2, 0.25) is 0 Å². The number of halogens is 1. The molecule has 4 rings (SSSR count). The summed E-state index contributed by atoms with van der Waals surface area (Å²) in [7, 11) is 0. The predicted octanol–water partition coefficient (Wildman–Crippen LogP) is 3.96. The SMILES string of the molecule is CC(=O)[C@@]1(O)CC[C@H]2[C@@H]3C=C(Cl)C4=CC(=O)C=C[C@]4(C)[C@H]3CC[C@@]21C. The Hall–Kier alpha value is -1.19. The third-order valence-corrected chi connectivity index (χ3v) is 8.22. The third kappa shape index (κ3) is 2.03. The molecule has 4 aliphatic rings. The minimum Gasteiger partial charge on any atom is -0.382 e. The summed E-state index contributed by atoms with van der Waals surface area (Å²) in [5, 5.41) is 11.8. The second-order valence-electron chi connectivity index (χ2n) is 8.79. The van der Waals surface area contributed by atoms with Gasteiger partial charge in [-0.15, -0.1) is 0 Å². The molecule has 4 heteroatoms.